The van der Waals surface area contributed by atoms with Crippen LogP contribution >= 0.6 is 0 Å². The van der Waals surface area contributed by atoms with E-state index in [0.29, 0.717) is 11.3 Å². The summed E-state index contributed by atoms with van der Waals surface area (Å²) in [5, 5.41) is 12.8. The summed E-state index contributed by atoms with van der Waals surface area (Å²) in [5.74, 6) is -0.151. The molecule has 0 spiro atoms. The number of rotatable bonds is 4. The molecule has 6 heteroatoms. The van der Waals surface area contributed by atoms with E-state index in [-0.39, 0.29) is 23.5 Å². The number of carbonyl (C=O) groups excluding carboxylic acids is 1. The van der Waals surface area contributed by atoms with Crippen LogP contribution in [0.15, 0.2) is 42.5 Å². The molecular weight excluding hydrogens is 333 g/mol. The highest BCUT2D eigenvalue weighted by atomic mass is 19.1. The van der Waals surface area contributed by atoms with Crippen LogP contribution in [0.5, 0.6) is 5.75 Å². The van der Waals surface area contributed by atoms with Crippen LogP contribution in [0.25, 0.3) is 0 Å². The van der Waals surface area contributed by atoms with Gasteiger partial charge in [0.05, 0.1) is 31.9 Å². The lowest BCUT2D eigenvalue weighted by Crippen LogP contribution is -3.19. The molecule has 2 aromatic carbocycles. The topological polar surface area (TPSA) is 57.0 Å². The average molecular weight is 358 g/mol. The molecule has 138 valence electrons. The summed E-state index contributed by atoms with van der Waals surface area (Å²) in [7, 11) is 0. The van der Waals surface area contributed by atoms with Crippen LogP contribution < -0.4 is 15.1 Å². The van der Waals surface area contributed by atoms with Gasteiger partial charge in [0.25, 0.3) is 5.91 Å². The van der Waals surface area contributed by atoms with Crippen LogP contribution in [0.4, 0.5) is 15.8 Å². The molecule has 1 fully saturated rings. The fourth-order valence-corrected chi connectivity index (χ4v) is 3.31. The summed E-state index contributed by atoms with van der Waals surface area (Å²) in [4.78, 5) is 15.8. The summed E-state index contributed by atoms with van der Waals surface area (Å²) >= 11 is 0. The van der Waals surface area contributed by atoms with Crippen molar-refractivity contribution in [3.05, 3.63) is 53.8 Å². The van der Waals surface area contributed by atoms with E-state index in [1.54, 1.807) is 31.2 Å². The van der Waals surface area contributed by atoms with Gasteiger partial charge in [0, 0.05) is 5.69 Å². The predicted molar refractivity (Wildman–Crippen MR) is 100 cm³/mol. The van der Waals surface area contributed by atoms with E-state index in [1.165, 1.54) is 11.0 Å². The van der Waals surface area contributed by atoms with E-state index in [4.69, 9.17) is 0 Å². The van der Waals surface area contributed by atoms with Gasteiger partial charge in [-0.25, -0.2) is 4.39 Å². The standard InChI is InChI=1S/C20H24FN3O2/c1-14-7-8-16(13-17(14)21)22-20(26)15(2)23-9-11-24(12-10-23)18-5-3-4-6-19(18)25/h3-8,13,15,25H,9-12H2,1-2H3,(H,22,26)/p+1/t15-/m0/s1. The number of benzene rings is 2. The molecule has 2 aromatic rings. The van der Waals surface area contributed by atoms with E-state index in [1.807, 2.05) is 19.1 Å². The molecule has 3 rings (SSSR count). The summed E-state index contributed by atoms with van der Waals surface area (Å²) in [6.07, 6.45) is 0. The number of para-hydroxylation sites is 2. The van der Waals surface area contributed by atoms with Crippen molar-refractivity contribution in [3.8, 4) is 5.75 Å². The maximum absolute atomic E-state index is 13.6. The Balaban J connectivity index is 1.57. The Morgan fingerprint density at radius 2 is 1.92 bits per heavy atom. The van der Waals surface area contributed by atoms with Crippen LogP contribution in [-0.4, -0.2) is 43.2 Å². The molecule has 26 heavy (non-hydrogen) atoms. The molecule has 0 radical (unpaired) electrons. The molecule has 0 aromatic heterocycles. The van der Waals surface area contributed by atoms with Gasteiger partial charge in [-0.2, -0.15) is 0 Å². The van der Waals surface area contributed by atoms with Gasteiger partial charge in [-0.3, -0.25) is 4.79 Å². The number of aromatic hydroxyl groups is 1. The summed E-state index contributed by atoms with van der Waals surface area (Å²) in [6.45, 7) is 6.71. The normalized spacial score (nSPS) is 16.3. The lowest BCUT2D eigenvalue weighted by atomic mass is 10.1. The molecule has 1 saturated heterocycles. The third-order valence-electron chi connectivity index (χ3n) is 5.07. The van der Waals surface area contributed by atoms with Crippen LogP contribution in [0.2, 0.25) is 0 Å². The Morgan fingerprint density at radius 3 is 2.58 bits per heavy atom. The molecule has 1 atom stereocenters. The summed E-state index contributed by atoms with van der Waals surface area (Å²) in [5.41, 5.74) is 1.87. The molecule has 1 aliphatic rings. The van der Waals surface area contributed by atoms with Crippen molar-refractivity contribution in [3.63, 3.8) is 0 Å². The zero-order valence-electron chi connectivity index (χ0n) is 15.1. The number of aryl methyl sites for hydroxylation is 1. The molecule has 0 bridgehead atoms. The van der Waals surface area contributed by atoms with Crippen molar-refractivity contribution in [2.45, 2.75) is 19.9 Å². The number of anilines is 2. The van der Waals surface area contributed by atoms with Crippen LogP contribution in [0, 0.1) is 12.7 Å². The molecule has 1 amide bonds. The van der Waals surface area contributed by atoms with Crippen molar-refractivity contribution >= 4 is 17.3 Å². The first-order valence-electron chi connectivity index (χ1n) is 8.90. The van der Waals surface area contributed by atoms with E-state index in [0.717, 1.165) is 31.9 Å². The largest absolute Gasteiger partial charge is 0.506 e. The maximum Gasteiger partial charge on any atom is 0.282 e. The second-order valence-corrected chi connectivity index (χ2v) is 6.81. The number of piperazine rings is 1. The fourth-order valence-electron chi connectivity index (χ4n) is 3.31. The number of quaternary nitrogens is 1. The number of halogens is 1. The Labute approximate surface area is 153 Å². The molecule has 0 saturated carbocycles. The van der Waals surface area contributed by atoms with E-state index in [9.17, 15) is 14.3 Å². The first-order valence-corrected chi connectivity index (χ1v) is 8.90. The highest BCUT2D eigenvalue weighted by molar-refractivity contribution is 5.93. The molecule has 3 N–H and O–H groups in total. The van der Waals surface area contributed by atoms with Crippen LogP contribution in [0.3, 0.4) is 0 Å². The SMILES string of the molecule is Cc1ccc(NC(=O)[C@H](C)[NH+]2CCN(c3ccccc3O)CC2)cc1F. The van der Waals surface area contributed by atoms with Gasteiger partial charge < -0.3 is 20.2 Å². The third-order valence-corrected chi connectivity index (χ3v) is 5.07. The Hall–Kier alpha value is -2.60. The predicted octanol–water partition coefficient (Wildman–Crippen LogP) is 1.57. The zero-order chi connectivity index (χ0) is 18.7. The number of nitrogens with zero attached hydrogens (tertiary/aromatic N) is 1. The molecule has 1 heterocycles. The highest BCUT2D eigenvalue weighted by Crippen LogP contribution is 2.26. The number of carbonyl (C=O) groups is 1. The minimum Gasteiger partial charge on any atom is -0.506 e. The zero-order valence-corrected chi connectivity index (χ0v) is 15.1. The minimum atomic E-state index is -0.320. The number of amides is 1. The van der Waals surface area contributed by atoms with Crippen molar-refractivity contribution < 1.29 is 19.2 Å². The van der Waals surface area contributed by atoms with E-state index >= 15 is 0 Å². The lowest BCUT2D eigenvalue weighted by Gasteiger charge is -2.36. The van der Waals surface area contributed by atoms with Crippen LogP contribution in [-0.2, 0) is 4.79 Å². The van der Waals surface area contributed by atoms with Gasteiger partial charge in [0.1, 0.15) is 11.6 Å². The Kier molecular flexibility index (Phi) is 5.42. The maximum atomic E-state index is 13.6. The minimum absolute atomic E-state index is 0.112. The second-order valence-electron chi connectivity index (χ2n) is 6.81. The van der Waals surface area contributed by atoms with Crippen molar-refractivity contribution in [1.29, 1.82) is 0 Å². The monoisotopic (exact) mass is 358 g/mol. The van der Waals surface area contributed by atoms with Gasteiger partial charge in [0.2, 0.25) is 0 Å². The first kappa shape index (κ1) is 18.2. The summed E-state index contributed by atoms with van der Waals surface area (Å²) < 4.78 is 13.6. The van der Waals surface area contributed by atoms with Crippen molar-refractivity contribution in [2.24, 2.45) is 0 Å². The third kappa shape index (κ3) is 3.96. The van der Waals surface area contributed by atoms with Crippen LogP contribution in [0.1, 0.15) is 12.5 Å². The van der Waals surface area contributed by atoms with E-state index < -0.39 is 0 Å². The number of phenolic OH excluding ortho intramolecular Hbond substituents is 1. The van der Waals surface area contributed by atoms with Gasteiger partial charge in [-0.1, -0.05) is 18.2 Å². The molecular formula is C20H25FN3O2+. The van der Waals surface area contributed by atoms with Crippen molar-refractivity contribution in [2.75, 3.05) is 36.4 Å². The molecule has 0 unspecified atom stereocenters. The number of hydrogen-bond donors (Lipinski definition) is 3. The Bertz CT molecular complexity index is 788. The average Bonchev–Trinajstić information content (AvgIpc) is 2.65. The molecule has 1 aliphatic heterocycles. The summed E-state index contributed by atoms with van der Waals surface area (Å²) in [6, 6.07) is 11.8. The first-order chi connectivity index (χ1) is 12.5. The lowest BCUT2D eigenvalue weighted by molar-refractivity contribution is -0.914. The van der Waals surface area contributed by atoms with Gasteiger partial charge in [0.15, 0.2) is 6.04 Å². The Morgan fingerprint density at radius 1 is 1.23 bits per heavy atom. The number of hydrogen-bond acceptors (Lipinski definition) is 3. The molecule has 5 nitrogen and oxygen atoms in total. The van der Waals surface area contributed by atoms with Crippen molar-refractivity contribution in [1.82, 2.24) is 0 Å². The van der Waals surface area contributed by atoms with Gasteiger partial charge in [-0.15, -0.1) is 0 Å². The van der Waals surface area contributed by atoms with Gasteiger partial charge >= 0.3 is 0 Å². The molecule has 0 aliphatic carbocycles. The highest BCUT2D eigenvalue weighted by Gasteiger charge is 2.29. The fraction of sp³-hybridized carbons (Fsp3) is 0.350. The second kappa shape index (κ2) is 7.74. The smallest absolute Gasteiger partial charge is 0.282 e. The number of nitrogens with one attached hydrogen (secondary N) is 2. The van der Waals surface area contributed by atoms with E-state index in [2.05, 4.69) is 10.2 Å². The quantitative estimate of drug-likeness (QED) is 0.778. The number of phenols is 1. The van der Waals surface area contributed by atoms with Gasteiger partial charge in [-0.05, 0) is 43.7 Å².